The van der Waals surface area contributed by atoms with Crippen LogP contribution in [0.5, 0.6) is 0 Å². The van der Waals surface area contributed by atoms with Crippen LogP contribution < -0.4 is 0 Å². The third-order valence-corrected chi connectivity index (χ3v) is 7.25. The first-order chi connectivity index (χ1) is 30.5. The predicted molar refractivity (Wildman–Crippen MR) is 183 cm³/mol. The minimum absolute atomic E-state index is 0.000459. The van der Waals surface area contributed by atoms with Crippen LogP contribution in [0.3, 0.4) is 0 Å². The third kappa shape index (κ3) is 3.72. The van der Waals surface area contributed by atoms with E-state index in [2.05, 4.69) is 0 Å². The second-order valence-corrected chi connectivity index (χ2v) is 9.59. The number of benzene rings is 8. The van der Waals surface area contributed by atoms with E-state index in [9.17, 15) is 8.22 Å². The van der Waals surface area contributed by atoms with Crippen LogP contribution in [0.25, 0.3) is 87.6 Å². The van der Waals surface area contributed by atoms with Crippen molar-refractivity contribution in [2.24, 2.45) is 0 Å². The molecule has 0 spiro atoms. The molecule has 200 valence electrons. The van der Waals surface area contributed by atoms with Crippen LogP contribution in [-0.2, 0) is 0 Å². The normalized spacial score (nSPS) is 18.9. The molecule has 1 heterocycles. The first-order valence-corrected chi connectivity index (χ1v) is 13.0. The van der Waals surface area contributed by atoms with Crippen LogP contribution in [0, 0.1) is 0 Å². The van der Waals surface area contributed by atoms with Crippen molar-refractivity contribution in [3.8, 4) is 33.4 Å². The lowest BCUT2D eigenvalue weighted by molar-refractivity contribution is 0.670. The summed E-state index contributed by atoms with van der Waals surface area (Å²) in [6, 6.07) is -10.2. The molecule has 1 aromatic heterocycles. The number of hydrogen-bond acceptors (Lipinski definition) is 1. The Hall–Kier alpha value is -5.66. The van der Waals surface area contributed by atoms with E-state index in [0.29, 0.717) is 0 Å². The summed E-state index contributed by atoms with van der Waals surface area (Å²) in [7, 11) is 0. The summed E-state index contributed by atoms with van der Waals surface area (Å²) in [5.74, 6) is 0. The van der Waals surface area contributed by atoms with Crippen molar-refractivity contribution >= 4 is 54.3 Å². The molecule has 0 saturated carbocycles. The highest BCUT2D eigenvalue weighted by atomic mass is 16.3. The molecular weight excluding hydrogens is 520 g/mol. The van der Waals surface area contributed by atoms with Gasteiger partial charge in [0.05, 0.1) is 30.2 Å². The fraction of sp³-hybridized carbons (Fsp3) is 0. The Balaban J connectivity index is 1.51. The van der Waals surface area contributed by atoms with Crippen molar-refractivity contribution in [2.45, 2.75) is 0 Å². The SMILES string of the molecule is [2H]c1c([2H])c([2H])c2c(oc3c(-c4cccc(-c5c6c([2H])c([2H])c([2H])c([2H])c6c(-c6c([2H])c([2H])c7c([2H])c([2H])c([2H])c([2H])c7c6[2H])c6c([2H])c([2H])c([2H])c([2H])c56)c4)c([2H])c([2H])c([2H])c32)c1[2H]. The summed E-state index contributed by atoms with van der Waals surface area (Å²) in [5, 5.41) is -3.10. The highest BCUT2D eigenvalue weighted by Gasteiger charge is 2.18. The molecule has 0 aliphatic rings. The van der Waals surface area contributed by atoms with Gasteiger partial charge in [0.1, 0.15) is 11.2 Å². The Morgan fingerprint density at radius 1 is 0.442 bits per heavy atom. The molecule has 0 amide bonds. The van der Waals surface area contributed by atoms with Gasteiger partial charge in [-0.15, -0.1) is 0 Å². The lowest BCUT2D eigenvalue weighted by atomic mass is 9.85. The van der Waals surface area contributed by atoms with Gasteiger partial charge in [0, 0.05) is 16.3 Å². The highest BCUT2D eigenvalue weighted by Crippen LogP contribution is 2.45. The van der Waals surface area contributed by atoms with Gasteiger partial charge in [-0.25, -0.2) is 0 Å². The van der Waals surface area contributed by atoms with Gasteiger partial charge in [-0.3, -0.25) is 0 Å². The van der Waals surface area contributed by atoms with E-state index in [4.69, 9.17) is 26.3 Å². The fourth-order valence-electron chi connectivity index (χ4n) is 5.43. The molecule has 8 aromatic carbocycles. The molecule has 43 heavy (non-hydrogen) atoms. The van der Waals surface area contributed by atoms with E-state index in [0.717, 1.165) is 0 Å². The van der Waals surface area contributed by atoms with Crippen molar-refractivity contribution < 1.29 is 34.6 Å². The largest absolute Gasteiger partial charge is 0.455 e. The molecular formula is C42H26O. The van der Waals surface area contributed by atoms with Crippen molar-refractivity contribution in [2.75, 3.05) is 0 Å². The van der Waals surface area contributed by atoms with E-state index >= 15 is 0 Å². The molecule has 0 bridgehead atoms. The number of furan rings is 1. The zero-order valence-electron chi connectivity index (χ0n) is 43.7. The maximum absolute atomic E-state index is 9.42. The number of para-hydroxylation sites is 2. The molecule has 0 atom stereocenters. The smallest absolute Gasteiger partial charge is 0.143 e. The lowest BCUT2D eigenvalue weighted by Crippen LogP contribution is -1.91. The molecule has 1 heteroatoms. The zero-order chi connectivity index (χ0) is 47.5. The maximum Gasteiger partial charge on any atom is 0.143 e. The lowest BCUT2D eigenvalue weighted by Gasteiger charge is -2.18. The molecule has 0 aliphatic heterocycles. The monoisotopic (exact) mass is 568 g/mol. The van der Waals surface area contributed by atoms with Crippen LogP contribution in [0.1, 0.15) is 30.2 Å². The van der Waals surface area contributed by atoms with Crippen LogP contribution in [0.15, 0.2) is 162 Å². The predicted octanol–water partition coefficient (Wildman–Crippen LogP) is 12.0. The Kier molecular flexibility index (Phi) is 2.39. The Morgan fingerprint density at radius 2 is 1.02 bits per heavy atom. The van der Waals surface area contributed by atoms with Crippen LogP contribution >= 0.6 is 0 Å². The van der Waals surface area contributed by atoms with Crippen molar-refractivity contribution in [1.82, 2.24) is 0 Å². The van der Waals surface area contributed by atoms with Crippen molar-refractivity contribution in [3.05, 3.63) is 157 Å². The number of hydrogen-bond donors (Lipinski definition) is 0. The van der Waals surface area contributed by atoms with Gasteiger partial charge >= 0.3 is 0 Å². The second-order valence-electron chi connectivity index (χ2n) is 9.59. The molecule has 0 N–H and O–H groups in total. The summed E-state index contributed by atoms with van der Waals surface area (Å²) < 4.78 is 200. The minimum Gasteiger partial charge on any atom is -0.455 e. The Labute approximate surface area is 280 Å². The first kappa shape index (κ1) is 10.9. The summed E-state index contributed by atoms with van der Waals surface area (Å²) >= 11 is 0. The molecule has 0 saturated heterocycles. The van der Waals surface area contributed by atoms with Crippen molar-refractivity contribution in [3.63, 3.8) is 0 Å². The first-order valence-electron chi connectivity index (χ1n) is 24.0. The summed E-state index contributed by atoms with van der Waals surface area (Å²) in [6.07, 6.45) is 0. The summed E-state index contributed by atoms with van der Waals surface area (Å²) in [5.41, 5.74) is -2.05. The van der Waals surface area contributed by atoms with Crippen LogP contribution in [0.2, 0.25) is 0 Å². The minimum atomic E-state index is -0.840. The fourth-order valence-corrected chi connectivity index (χ4v) is 5.43. The molecule has 0 unspecified atom stereocenters. The molecule has 9 rings (SSSR count). The van der Waals surface area contributed by atoms with Crippen LogP contribution in [-0.4, -0.2) is 0 Å². The van der Waals surface area contributed by atoms with Gasteiger partial charge in [-0.05, 0) is 78.3 Å². The molecule has 0 aliphatic carbocycles. The van der Waals surface area contributed by atoms with E-state index in [-0.39, 0.29) is 55.0 Å². The summed E-state index contributed by atoms with van der Waals surface area (Å²) in [4.78, 5) is 0. The van der Waals surface area contributed by atoms with Crippen molar-refractivity contribution in [1.29, 1.82) is 0 Å². The second kappa shape index (κ2) is 9.44. The van der Waals surface area contributed by atoms with E-state index in [1.807, 2.05) is 0 Å². The van der Waals surface area contributed by atoms with E-state index < -0.39 is 166 Å². The van der Waals surface area contributed by atoms with E-state index in [1.165, 1.54) is 24.3 Å². The quantitative estimate of drug-likeness (QED) is 0.193. The molecule has 0 radical (unpaired) electrons. The Morgan fingerprint density at radius 3 is 1.77 bits per heavy atom. The van der Waals surface area contributed by atoms with Gasteiger partial charge in [-0.1, -0.05) is 139 Å². The van der Waals surface area contributed by atoms with Gasteiger partial charge in [0.15, 0.2) is 0 Å². The topological polar surface area (TPSA) is 13.1 Å². The Bertz CT molecular complexity index is 3660. The highest BCUT2D eigenvalue weighted by molar-refractivity contribution is 6.22. The zero-order valence-corrected chi connectivity index (χ0v) is 21.7. The maximum atomic E-state index is 9.42. The van der Waals surface area contributed by atoms with Gasteiger partial charge in [-0.2, -0.15) is 0 Å². The molecule has 0 fully saturated rings. The average Bonchev–Trinajstić information content (AvgIpc) is 3.69. The average molecular weight is 569 g/mol. The molecule has 1 nitrogen and oxygen atoms in total. The third-order valence-electron chi connectivity index (χ3n) is 7.25. The molecule has 9 aromatic rings. The van der Waals surface area contributed by atoms with Gasteiger partial charge in [0.2, 0.25) is 0 Å². The van der Waals surface area contributed by atoms with E-state index in [1.54, 1.807) is 0 Å². The van der Waals surface area contributed by atoms with Gasteiger partial charge in [0.25, 0.3) is 0 Å². The van der Waals surface area contributed by atoms with Crippen LogP contribution in [0.4, 0.5) is 0 Å². The standard InChI is InChI=1S/C42H26O/c1-2-12-28-25-31(24-23-27(28)11-1)41-36-18-5-3-16-34(36)40(35-17-4-6-19-37(35)41)30-14-9-13-29(26-30)32-20-10-21-38-33-15-7-8-22-39(33)43-42(32)38/h1-26H/i1D,2D,3D,4D,5D,6D,7D,8D,10D,11D,12D,15D,16D,17D,18D,19D,20D,21D,22D,23D,24D,25D. The number of rotatable bonds is 3. The number of fused-ring (bicyclic) bond motifs is 6. The van der Waals surface area contributed by atoms with Gasteiger partial charge < -0.3 is 4.42 Å². The summed E-state index contributed by atoms with van der Waals surface area (Å²) in [6.45, 7) is 0.